The van der Waals surface area contributed by atoms with E-state index in [2.05, 4.69) is 24.0 Å². The van der Waals surface area contributed by atoms with Crippen LogP contribution in [0.2, 0.25) is 0 Å². The summed E-state index contributed by atoms with van der Waals surface area (Å²) in [6.07, 6.45) is 0. The molecule has 1 aliphatic heterocycles. The Balaban J connectivity index is 2.56. The van der Waals surface area contributed by atoms with Gasteiger partial charge in [0.1, 0.15) is 0 Å². The maximum Gasteiger partial charge on any atom is 0.336 e. The van der Waals surface area contributed by atoms with Crippen molar-refractivity contribution in [3.05, 3.63) is 47.2 Å². The Morgan fingerprint density at radius 3 is 2.42 bits per heavy atom. The molecule has 0 bridgehead atoms. The highest BCUT2D eigenvalue weighted by Crippen LogP contribution is 2.38. The first kappa shape index (κ1) is 13.5. The SMILES string of the molecule is COC(=O)C1=C(C)N=C(C)C(C)C1c1ccccc1. The van der Waals surface area contributed by atoms with Crippen LogP contribution in [0.1, 0.15) is 32.3 Å². The van der Waals surface area contributed by atoms with Crippen molar-refractivity contribution in [2.24, 2.45) is 10.9 Å². The number of esters is 1. The topological polar surface area (TPSA) is 38.7 Å². The molecular formula is C16H19NO2. The van der Waals surface area contributed by atoms with Gasteiger partial charge in [0.15, 0.2) is 0 Å². The summed E-state index contributed by atoms with van der Waals surface area (Å²) in [5, 5.41) is 0. The van der Waals surface area contributed by atoms with Gasteiger partial charge in [-0.3, -0.25) is 4.99 Å². The van der Waals surface area contributed by atoms with Gasteiger partial charge in [0.25, 0.3) is 0 Å². The van der Waals surface area contributed by atoms with Crippen LogP contribution in [0.3, 0.4) is 0 Å². The van der Waals surface area contributed by atoms with Crippen LogP contribution in [-0.2, 0) is 9.53 Å². The van der Waals surface area contributed by atoms with Gasteiger partial charge in [-0.15, -0.1) is 0 Å². The number of nitrogens with zero attached hydrogens (tertiary/aromatic N) is 1. The van der Waals surface area contributed by atoms with Gasteiger partial charge < -0.3 is 4.74 Å². The largest absolute Gasteiger partial charge is 0.466 e. The predicted molar refractivity (Wildman–Crippen MR) is 76.2 cm³/mol. The van der Waals surface area contributed by atoms with Crippen molar-refractivity contribution < 1.29 is 9.53 Å². The van der Waals surface area contributed by atoms with Crippen molar-refractivity contribution in [1.29, 1.82) is 0 Å². The monoisotopic (exact) mass is 257 g/mol. The van der Waals surface area contributed by atoms with Crippen LogP contribution in [0.4, 0.5) is 0 Å². The van der Waals surface area contributed by atoms with Gasteiger partial charge >= 0.3 is 5.97 Å². The number of hydrogen-bond donors (Lipinski definition) is 0. The van der Waals surface area contributed by atoms with Crippen LogP contribution >= 0.6 is 0 Å². The third-order valence-corrected chi connectivity index (χ3v) is 3.77. The van der Waals surface area contributed by atoms with Crippen molar-refractivity contribution in [3.8, 4) is 0 Å². The van der Waals surface area contributed by atoms with Crippen LogP contribution in [0.5, 0.6) is 0 Å². The Morgan fingerprint density at radius 2 is 1.84 bits per heavy atom. The van der Waals surface area contributed by atoms with E-state index in [0.717, 1.165) is 17.0 Å². The van der Waals surface area contributed by atoms with Gasteiger partial charge in [-0.1, -0.05) is 37.3 Å². The highest BCUT2D eigenvalue weighted by atomic mass is 16.5. The zero-order valence-corrected chi connectivity index (χ0v) is 11.8. The lowest BCUT2D eigenvalue weighted by molar-refractivity contribution is -0.136. The molecule has 100 valence electrons. The van der Waals surface area contributed by atoms with Gasteiger partial charge in [-0.05, 0) is 19.4 Å². The second-order valence-electron chi connectivity index (χ2n) is 4.92. The molecule has 1 aromatic carbocycles. The standard InChI is InChI=1S/C16H19NO2/c1-10-11(2)17-12(3)15(16(18)19-4)14(10)13-8-6-5-7-9-13/h5-10,14H,1-4H3. The Morgan fingerprint density at radius 1 is 1.21 bits per heavy atom. The molecule has 0 amide bonds. The van der Waals surface area contributed by atoms with E-state index >= 15 is 0 Å². The van der Waals surface area contributed by atoms with Crippen LogP contribution in [0.25, 0.3) is 0 Å². The Labute approximate surface area is 114 Å². The van der Waals surface area contributed by atoms with Crippen LogP contribution in [0.15, 0.2) is 46.6 Å². The van der Waals surface area contributed by atoms with E-state index in [1.165, 1.54) is 7.11 Å². The first-order valence-corrected chi connectivity index (χ1v) is 6.45. The average molecular weight is 257 g/mol. The zero-order valence-electron chi connectivity index (χ0n) is 11.8. The molecule has 0 aromatic heterocycles. The van der Waals surface area contributed by atoms with Crippen molar-refractivity contribution in [2.45, 2.75) is 26.7 Å². The summed E-state index contributed by atoms with van der Waals surface area (Å²) in [4.78, 5) is 16.5. The lowest BCUT2D eigenvalue weighted by Crippen LogP contribution is -2.28. The molecule has 1 heterocycles. The summed E-state index contributed by atoms with van der Waals surface area (Å²) in [5.74, 6) is -0.0687. The van der Waals surface area contributed by atoms with Crippen LogP contribution < -0.4 is 0 Å². The lowest BCUT2D eigenvalue weighted by Gasteiger charge is -2.30. The van der Waals surface area contributed by atoms with E-state index in [4.69, 9.17) is 4.74 Å². The second-order valence-corrected chi connectivity index (χ2v) is 4.92. The fourth-order valence-corrected chi connectivity index (χ4v) is 2.64. The first-order valence-electron chi connectivity index (χ1n) is 6.45. The smallest absolute Gasteiger partial charge is 0.336 e. The fourth-order valence-electron chi connectivity index (χ4n) is 2.64. The van der Waals surface area contributed by atoms with E-state index in [1.807, 2.05) is 32.0 Å². The summed E-state index contributed by atoms with van der Waals surface area (Å²) in [7, 11) is 1.42. The van der Waals surface area contributed by atoms with Gasteiger partial charge in [-0.2, -0.15) is 0 Å². The molecule has 0 fully saturated rings. The van der Waals surface area contributed by atoms with Gasteiger partial charge in [0, 0.05) is 23.2 Å². The zero-order chi connectivity index (χ0) is 14.0. The average Bonchev–Trinajstić information content (AvgIpc) is 2.42. The summed E-state index contributed by atoms with van der Waals surface area (Å²) < 4.78 is 4.93. The normalized spacial score (nSPS) is 23.1. The highest BCUT2D eigenvalue weighted by Gasteiger charge is 2.34. The van der Waals surface area contributed by atoms with E-state index in [1.54, 1.807) is 0 Å². The molecule has 1 aliphatic rings. The summed E-state index contributed by atoms with van der Waals surface area (Å²) in [6.45, 7) is 5.99. The Hall–Kier alpha value is -1.90. The maximum absolute atomic E-state index is 12.1. The number of carbonyl (C=O) groups excluding carboxylic acids is 1. The number of benzene rings is 1. The van der Waals surface area contributed by atoms with Gasteiger partial charge in [0.05, 0.1) is 12.7 Å². The number of methoxy groups -OCH3 is 1. The molecule has 0 N–H and O–H groups in total. The van der Waals surface area contributed by atoms with E-state index < -0.39 is 0 Å². The summed E-state index contributed by atoms with van der Waals surface area (Å²) in [6, 6.07) is 10.1. The third kappa shape index (κ3) is 2.46. The summed E-state index contributed by atoms with van der Waals surface area (Å²) in [5.41, 5.74) is 3.62. The number of rotatable bonds is 2. The second kappa shape index (κ2) is 5.39. The van der Waals surface area contributed by atoms with Gasteiger partial charge in [0.2, 0.25) is 0 Å². The number of hydrogen-bond acceptors (Lipinski definition) is 3. The quantitative estimate of drug-likeness (QED) is 0.762. The Bertz CT molecular complexity index is 543. The highest BCUT2D eigenvalue weighted by molar-refractivity contribution is 5.97. The van der Waals surface area contributed by atoms with E-state index in [-0.39, 0.29) is 17.8 Å². The third-order valence-electron chi connectivity index (χ3n) is 3.77. The van der Waals surface area contributed by atoms with Crippen molar-refractivity contribution >= 4 is 11.7 Å². The lowest BCUT2D eigenvalue weighted by atomic mass is 9.77. The number of aliphatic imine (C=N–C) groups is 1. The number of carbonyl (C=O) groups is 1. The first-order chi connectivity index (χ1) is 9.06. The van der Waals surface area contributed by atoms with Gasteiger partial charge in [-0.25, -0.2) is 4.79 Å². The van der Waals surface area contributed by atoms with E-state index in [9.17, 15) is 4.79 Å². The minimum atomic E-state index is -0.283. The van der Waals surface area contributed by atoms with Crippen LogP contribution in [-0.4, -0.2) is 18.8 Å². The van der Waals surface area contributed by atoms with Crippen molar-refractivity contribution in [2.75, 3.05) is 7.11 Å². The molecule has 2 atom stereocenters. The maximum atomic E-state index is 12.1. The number of allylic oxidation sites excluding steroid dienone is 1. The molecule has 0 spiro atoms. The minimum absolute atomic E-state index is 0.0196. The summed E-state index contributed by atoms with van der Waals surface area (Å²) >= 11 is 0. The van der Waals surface area contributed by atoms with Crippen molar-refractivity contribution in [1.82, 2.24) is 0 Å². The molecule has 2 unspecified atom stereocenters. The fraction of sp³-hybridized carbons (Fsp3) is 0.375. The predicted octanol–water partition coefficient (Wildman–Crippen LogP) is 3.33. The molecule has 2 rings (SSSR count). The molecule has 0 saturated heterocycles. The molecule has 1 aromatic rings. The molecule has 0 radical (unpaired) electrons. The van der Waals surface area contributed by atoms with Crippen LogP contribution in [0, 0.1) is 5.92 Å². The molecule has 3 nitrogen and oxygen atoms in total. The molecule has 3 heteroatoms. The molecule has 0 aliphatic carbocycles. The Kier molecular flexibility index (Phi) is 3.84. The van der Waals surface area contributed by atoms with Crippen molar-refractivity contribution in [3.63, 3.8) is 0 Å². The molecule has 0 saturated carbocycles. The molecule has 19 heavy (non-hydrogen) atoms. The van der Waals surface area contributed by atoms with E-state index in [0.29, 0.717) is 5.57 Å². The minimum Gasteiger partial charge on any atom is -0.466 e. The molecular weight excluding hydrogens is 238 g/mol. The number of ether oxygens (including phenoxy) is 1.